The minimum absolute atomic E-state index is 0.0801. The minimum Gasteiger partial charge on any atom is -0.272 e. The SMILES string of the molecule is CCC1SC(=Nc2ccccc2)N(S(=O)(=O)c2ccccc2)C1=O. The highest BCUT2D eigenvalue weighted by atomic mass is 32.2. The molecule has 7 heteroatoms. The van der Waals surface area contributed by atoms with Crippen molar-refractivity contribution in [2.75, 3.05) is 0 Å². The van der Waals surface area contributed by atoms with Gasteiger partial charge in [-0.25, -0.2) is 13.4 Å². The standard InChI is InChI=1S/C17H16N2O3S2/c1-2-15-16(20)19(24(21,22)14-11-7-4-8-12-14)17(23-15)18-13-9-5-3-6-10-13/h3-12,15H,2H2,1H3. The molecule has 5 nitrogen and oxygen atoms in total. The van der Waals surface area contributed by atoms with Crippen molar-refractivity contribution >= 4 is 38.5 Å². The first-order chi connectivity index (χ1) is 11.5. The van der Waals surface area contributed by atoms with Gasteiger partial charge in [0.15, 0.2) is 5.17 Å². The Hall–Kier alpha value is -2.12. The number of hydrogen-bond donors (Lipinski definition) is 0. The molecule has 1 heterocycles. The Kier molecular flexibility index (Phi) is 4.73. The van der Waals surface area contributed by atoms with Gasteiger partial charge in [0, 0.05) is 0 Å². The second-order valence-corrected chi connectivity index (χ2v) is 8.12. The average molecular weight is 360 g/mol. The van der Waals surface area contributed by atoms with Crippen molar-refractivity contribution in [3.8, 4) is 0 Å². The Labute approximate surface area is 145 Å². The van der Waals surface area contributed by atoms with Gasteiger partial charge >= 0.3 is 0 Å². The molecule has 124 valence electrons. The van der Waals surface area contributed by atoms with Crippen LogP contribution in [0.5, 0.6) is 0 Å². The number of rotatable bonds is 4. The maximum absolute atomic E-state index is 12.9. The zero-order valence-electron chi connectivity index (χ0n) is 13.0. The summed E-state index contributed by atoms with van der Waals surface area (Å²) in [5.41, 5.74) is 0.609. The summed E-state index contributed by atoms with van der Waals surface area (Å²) in [6.07, 6.45) is 0.540. The molecule has 1 aliphatic rings. The molecule has 1 amide bonds. The highest BCUT2D eigenvalue weighted by Crippen LogP contribution is 2.35. The van der Waals surface area contributed by atoms with Crippen molar-refractivity contribution in [2.45, 2.75) is 23.5 Å². The van der Waals surface area contributed by atoms with E-state index >= 15 is 0 Å². The number of carbonyl (C=O) groups excluding carboxylic acids is 1. The predicted molar refractivity (Wildman–Crippen MR) is 95.7 cm³/mol. The van der Waals surface area contributed by atoms with Crippen molar-refractivity contribution in [3.63, 3.8) is 0 Å². The summed E-state index contributed by atoms with van der Waals surface area (Å²) < 4.78 is 26.7. The van der Waals surface area contributed by atoms with Gasteiger partial charge in [-0.05, 0) is 30.7 Å². The van der Waals surface area contributed by atoms with E-state index in [4.69, 9.17) is 0 Å². The Balaban J connectivity index is 2.08. The molecule has 1 saturated heterocycles. The van der Waals surface area contributed by atoms with Crippen molar-refractivity contribution in [1.82, 2.24) is 4.31 Å². The van der Waals surface area contributed by atoms with Crippen LogP contribution in [-0.2, 0) is 14.8 Å². The Morgan fingerprint density at radius 2 is 1.62 bits per heavy atom. The summed E-state index contributed by atoms with van der Waals surface area (Å²) in [5, 5.41) is -0.243. The number of amides is 1. The second-order valence-electron chi connectivity index (χ2n) is 5.17. The Morgan fingerprint density at radius 3 is 2.21 bits per heavy atom. The molecule has 0 N–H and O–H groups in total. The molecule has 1 unspecified atom stereocenters. The molecule has 24 heavy (non-hydrogen) atoms. The molecule has 2 aromatic rings. The number of aliphatic imine (C=N–C) groups is 1. The first kappa shape index (κ1) is 16.7. The van der Waals surface area contributed by atoms with Gasteiger partial charge in [0.25, 0.3) is 15.9 Å². The zero-order chi connectivity index (χ0) is 17.2. The molecule has 0 saturated carbocycles. The van der Waals surface area contributed by atoms with Crippen LogP contribution in [0.15, 0.2) is 70.6 Å². The normalized spacial score (nSPS) is 19.9. The van der Waals surface area contributed by atoms with Crippen molar-refractivity contribution in [3.05, 3.63) is 60.7 Å². The van der Waals surface area contributed by atoms with Gasteiger partial charge in [0.05, 0.1) is 15.8 Å². The molecule has 2 aromatic carbocycles. The predicted octanol–water partition coefficient (Wildman–Crippen LogP) is 3.42. The van der Waals surface area contributed by atoms with Crippen LogP contribution >= 0.6 is 11.8 Å². The van der Waals surface area contributed by atoms with Gasteiger partial charge in [-0.15, -0.1) is 0 Å². The highest BCUT2D eigenvalue weighted by Gasteiger charge is 2.44. The lowest BCUT2D eigenvalue weighted by Gasteiger charge is -2.16. The fourth-order valence-electron chi connectivity index (χ4n) is 2.31. The van der Waals surface area contributed by atoms with Crippen molar-refractivity contribution in [1.29, 1.82) is 0 Å². The smallest absolute Gasteiger partial charge is 0.272 e. The topological polar surface area (TPSA) is 66.8 Å². The van der Waals surface area contributed by atoms with E-state index in [1.807, 2.05) is 25.1 Å². The average Bonchev–Trinajstić information content (AvgIpc) is 2.92. The third-order valence-electron chi connectivity index (χ3n) is 3.53. The maximum Gasteiger partial charge on any atom is 0.272 e. The zero-order valence-corrected chi connectivity index (χ0v) is 14.6. The monoisotopic (exact) mass is 360 g/mol. The number of thioether (sulfide) groups is 1. The molecular formula is C17H16N2O3S2. The lowest BCUT2D eigenvalue weighted by Crippen LogP contribution is -2.37. The molecule has 3 rings (SSSR count). The van der Waals surface area contributed by atoms with Crippen LogP contribution in [0.3, 0.4) is 0 Å². The van der Waals surface area contributed by atoms with Crippen LogP contribution in [0.25, 0.3) is 0 Å². The summed E-state index contributed by atoms with van der Waals surface area (Å²) in [6, 6.07) is 17.0. The van der Waals surface area contributed by atoms with E-state index in [2.05, 4.69) is 4.99 Å². The number of carbonyl (C=O) groups is 1. The number of hydrogen-bond acceptors (Lipinski definition) is 5. The van der Waals surface area contributed by atoms with Gasteiger partial charge in [-0.3, -0.25) is 4.79 Å². The quantitative estimate of drug-likeness (QED) is 0.838. The maximum atomic E-state index is 12.9. The molecule has 0 aromatic heterocycles. The molecule has 0 bridgehead atoms. The van der Waals surface area contributed by atoms with Gasteiger partial charge < -0.3 is 0 Å². The number of nitrogens with zero attached hydrogens (tertiary/aromatic N) is 2. The summed E-state index contributed by atoms with van der Waals surface area (Å²) in [6.45, 7) is 1.86. The van der Waals surface area contributed by atoms with Crippen molar-refractivity contribution < 1.29 is 13.2 Å². The largest absolute Gasteiger partial charge is 0.272 e. The van der Waals surface area contributed by atoms with Gasteiger partial charge in [-0.1, -0.05) is 55.1 Å². The summed E-state index contributed by atoms with van der Waals surface area (Å²) in [4.78, 5) is 17.1. The molecule has 0 radical (unpaired) electrons. The highest BCUT2D eigenvalue weighted by molar-refractivity contribution is 8.17. The Bertz CT molecular complexity index is 865. The Morgan fingerprint density at radius 1 is 1.04 bits per heavy atom. The number of amidine groups is 1. The fraction of sp³-hybridized carbons (Fsp3) is 0.176. The third kappa shape index (κ3) is 3.09. The van der Waals surface area contributed by atoms with Gasteiger partial charge in [0.2, 0.25) is 0 Å². The summed E-state index contributed by atoms with van der Waals surface area (Å²) >= 11 is 1.19. The van der Waals surface area contributed by atoms with Crippen LogP contribution in [0, 0.1) is 0 Å². The first-order valence-electron chi connectivity index (χ1n) is 7.48. The van der Waals surface area contributed by atoms with E-state index in [1.54, 1.807) is 30.3 Å². The molecule has 0 aliphatic carbocycles. The number of sulfonamides is 1. The van der Waals surface area contributed by atoms with Crippen LogP contribution in [0.2, 0.25) is 0 Å². The second kappa shape index (κ2) is 6.78. The van der Waals surface area contributed by atoms with Crippen LogP contribution < -0.4 is 0 Å². The van der Waals surface area contributed by atoms with Crippen LogP contribution in [0.1, 0.15) is 13.3 Å². The summed E-state index contributed by atoms with van der Waals surface area (Å²) in [5.74, 6) is -0.443. The summed E-state index contributed by atoms with van der Waals surface area (Å²) in [7, 11) is -3.97. The molecule has 1 fully saturated rings. The molecule has 0 spiro atoms. The lowest BCUT2D eigenvalue weighted by atomic mass is 10.3. The first-order valence-corrected chi connectivity index (χ1v) is 9.80. The van der Waals surface area contributed by atoms with E-state index in [0.29, 0.717) is 12.1 Å². The number of para-hydroxylation sites is 1. The van der Waals surface area contributed by atoms with E-state index < -0.39 is 21.2 Å². The minimum atomic E-state index is -3.97. The molecule has 1 atom stereocenters. The molecule has 1 aliphatic heterocycles. The van der Waals surface area contributed by atoms with Gasteiger partial charge in [0.1, 0.15) is 0 Å². The van der Waals surface area contributed by atoms with Crippen LogP contribution in [0.4, 0.5) is 5.69 Å². The van der Waals surface area contributed by atoms with E-state index in [9.17, 15) is 13.2 Å². The van der Waals surface area contributed by atoms with Gasteiger partial charge in [-0.2, -0.15) is 4.31 Å². The van der Waals surface area contributed by atoms with Crippen LogP contribution in [-0.4, -0.2) is 29.0 Å². The lowest BCUT2D eigenvalue weighted by molar-refractivity contribution is -0.122. The van der Waals surface area contributed by atoms with Crippen molar-refractivity contribution in [2.24, 2.45) is 4.99 Å². The van der Waals surface area contributed by atoms with E-state index in [-0.39, 0.29) is 10.1 Å². The fourth-order valence-corrected chi connectivity index (χ4v) is 5.10. The van der Waals surface area contributed by atoms with E-state index in [1.165, 1.54) is 23.9 Å². The number of benzene rings is 2. The van der Waals surface area contributed by atoms with E-state index in [0.717, 1.165) is 4.31 Å². The third-order valence-corrected chi connectivity index (χ3v) is 6.65. The molecular weight excluding hydrogens is 344 g/mol.